The van der Waals surface area contributed by atoms with Gasteiger partial charge in [0, 0.05) is 19.2 Å². The molecule has 2 heteroatoms. The molecule has 1 aliphatic carbocycles. The molecule has 0 radical (unpaired) electrons. The van der Waals surface area contributed by atoms with Crippen LogP contribution in [0.25, 0.3) is 0 Å². The van der Waals surface area contributed by atoms with Crippen molar-refractivity contribution < 1.29 is 4.74 Å². The quantitative estimate of drug-likeness (QED) is 0.657. The van der Waals surface area contributed by atoms with Crippen molar-refractivity contribution in [3.05, 3.63) is 0 Å². The summed E-state index contributed by atoms with van der Waals surface area (Å²) in [4.78, 5) is 0. The SMILES string of the molecule is CC(C)CCOCCNC1CCC(C)C1. The normalized spacial score (nSPS) is 26.4. The van der Waals surface area contributed by atoms with Gasteiger partial charge in [0.05, 0.1) is 6.61 Å². The van der Waals surface area contributed by atoms with Crippen molar-refractivity contribution in [1.82, 2.24) is 5.32 Å². The lowest BCUT2D eigenvalue weighted by atomic mass is 10.1. The van der Waals surface area contributed by atoms with Gasteiger partial charge in [-0.1, -0.05) is 20.8 Å². The molecule has 2 unspecified atom stereocenters. The number of hydrogen-bond donors (Lipinski definition) is 1. The lowest BCUT2D eigenvalue weighted by molar-refractivity contribution is 0.123. The van der Waals surface area contributed by atoms with Gasteiger partial charge in [0.1, 0.15) is 0 Å². The molecule has 90 valence electrons. The Hall–Kier alpha value is -0.0800. The third-order valence-electron chi connectivity index (χ3n) is 3.21. The Balaban J connectivity index is 1.85. The molecule has 2 nitrogen and oxygen atoms in total. The Labute approximate surface area is 94.8 Å². The van der Waals surface area contributed by atoms with Crippen LogP contribution in [0.15, 0.2) is 0 Å². The Bertz CT molecular complexity index is 159. The minimum absolute atomic E-state index is 0.758. The van der Waals surface area contributed by atoms with Gasteiger partial charge >= 0.3 is 0 Å². The molecule has 1 N–H and O–H groups in total. The molecule has 0 saturated heterocycles. The van der Waals surface area contributed by atoms with Gasteiger partial charge < -0.3 is 10.1 Å². The van der Waals surface area contributed by atoms with Crippen molar-refractivity contribution in [3.8, 4) is 0 Å². The second kappa shape index (κ2) is 7.24. The first-order chi connectivity index (χ1) is 7.18. The monoisotopic (exact) mass is 213 g/mol. The molecule has 0 aromatic heterocycles. The highest BCUT2D eigenvalue weighted by Gasteiger charge is 2.19. The average molecular weight is 213 g/mol. The maximum Gasteiger partial charge on any atom is 0.0591 e. The van der Waals surface area contributed by atoms with Crippen molar-refractivity contribution >= 4 is 0 Å². The Morgan fingerprint density at radius 1 is 1.27 bits per heavy atom. The smallest absolute Gasteiger partial charge is 0.0591 e. The second-order valence-electron chi connectivity index (χ2n) is 5.36. The van der Waals surface area contributed by atoms with Crippen LogP contribution in [0.1, 0.15) is 46.5 Å². The first kappa shape index (κ1) is 13.0. The standard InChI is InChI=1S/C13H27NO/c1-11(2)6-8-15-9-7-14-13-5-4-12(3)10-13/h11-14H,4-10H2,1-3H3. The van der Waals surface area contributed by atoms with Gasteiger partial charge in [-0.05, 0) is 37.5 Å². The third kappa shape index (κ3) is 6.16. The first-order valence-corrected chi connectivity index (χ1v) is 6.49. The van der Waals surface area contributed by atoms with Gasteiger partial charge in [0.2, 0.25) is 0 Å². The molecule has 0 amide bonds. The van der Waals surface area contributed by atoms with Gasteiger partial charge in [-0.2, -0.15) is 0 Å². The van der Waals surface area contributed by atoms with E-state index in [-0.39, 0.29) is 0 Å². The molecule has 1 rings (SSSR count). The number of hydrogen-bond acceptors (Lipinski definition) is 2. The molecule has 2 atom stereocenters. The summed E-state index contributed by atoms with van der Waals surface area (Å²) in [5.41, 5.74) is 0. The summed E-state index contributed by atoms with van der Waals surface area (Å²) in [6, 6.07) is 0.758. The van der Waals surface area contributed by atoms with E-state index in [0.717, 1.165) is 37.6 Å². The van der Waals surface area contributed by atoms with Crippen molar-refractivity contribution in [1.29, 1.82) is 0 Å². The molecule has 0 bridgehead atoms. The molecule has 0 aromatic rings. The maximum atomic E-state index is 5.57. The lowest BCUT2D eigenvalue weighted by Crippen LogP contribution is -2.29. The second-order valence-corrected chi connectivity index (χ2v) is 5.36. The molecule has 1 saturated carbocycles. The molecular formula is C13H27NO. The van der Waals surface area contributed by atoms with Crippen molar-refractivity contribution in [2.45, 2.75) is 52.5 Å². The Kier molecular flexibility index (Phi) is 6.26. The highest BCUT2D eigenvalue weighted by molar-refractivity contribution is 4.77. The van der Waals surface area contributed by atoms with Crippen molar-refractivity contribution in [3.63, 3.8) is 0 Å². The topological polar surface area (TPSA) is 21.3 Å². The Morgan fingerprint density at radius 3 is 2.67 bits per heavy atom. The molecular weight excluding hydrogens is 186 g/mol. The average Bonchev–Trinajstić information content (AvgIpc) is 2.57. The predicted octanol–water partition coefficient (Wildman–Crippen LogP) is 2.83. The van der Waals surface area contributed by atoms with E-state index >= 15 is 0 Å². The van der Waals surface area contributed by atoms with Crippen LogP contribution < -0.4 is 5.32 Å². The van der Waals surface area contributed by atoms with Crippen LogP contribution in [-0.4, -0.2) is 25.8 Å². The molecule has 0 aromatic carbocycles. The highest BCUT2D eigenvalue weighted by Crippen LogP contribution is 2.24. The number of nitrogens with one attached hydrogen (secondary N) is 1. The Morgan fingerprint density at radius 2 is 2.07 bits per heavy atom. The van der Waals surface area contributed by atoms with E-state index in [0.29, 0.717) is 0 Å². The van der Waals surface area contributed by atoms with Crippen molar-refractivity contribution in [2.24, 2.45) is 11.8 Å². The molecule has 1 fully saturated rings. The fourth-order valence-corrected chi connectivity index (χ4v) is 2.15. The molecule has 15 heavy (non-hydrogen) atoms. The maximum absolute atomic E-state index is 5.57. The van der Waals surface area contributed by atoms with Crippen LogP contribution in [-0.2, 0) is 4.74 Å². The van der Waals surface area contributed by atoms with E-state index in [9.17, 15) is 0 Å². The van der Waals surface area contributed by atoms with Gasteiger partial charge in [-0.25, -0.2) is 0 Å². The predicted molar refractivity (Wildman–Crippen MR) is 65.1 cm³/mol. The summed E-state index contributed by atoms with van der Waals surface area (Å²) in [6.07, 6.45) is 5.28. The van der Waals surface area contributed by atoms with E-state index in [1.807, 2.05) is 0 Å². The van der Waals surface area contributed by atoms with Crippen LogP contribution in [0.2, 0.25) is 0 Å². The number of ether oxygens (including phenoxy) is 1. The number of rotatable bonds is 7. The van der Waals surface area contributed by atoms with E-state index in [4.69, 9.17) is 4.74 Å². The van der Waals surface area contributed by atoms with Gasteiger partial charge in [-0.3, -0.25) is 0 Å². The summed E-state index contributed by atoms with van der Waals surface area (Å²) in [7, 11) is 0. The van der Waals surface area contributed by atoms with E-state index in [1.54, 1.807) is 0 Å². The van der Waals surface area contributed by atoms with E-state index < -0.39 is 0 Å². The minimum Gasteiger partial charge on any atom is -0.380 e. The van der Waals surface area contributed by atoms with Crippen LogP contribution in [0.4, 0.5) is 0 Å². The molecule has 0 aliphatic heterocycles. The van der Waals surface area contributed by atoms with Crippen LogP contribution in [0, 0.1) is 11.8 Å². The fourth-order valence-electron chi connectivity index (χ4n) is 2.15. The van der Waals surface area contributed by atoms with Crippen molar-refractivity contribution in [2.75, 3.05) is 19.8 Å². The zero-order valence-corrected chi connectivity index (χ0v) is 10.6. The van der Waals surface area contributed by atoms with E-state index in [1.165, 1.54) is 25.7 Å². The minimum atomic E-state index is 0.758. The molecule has 0 spiro atoms. The summed E-state index contributed by atoms with van der Waals surface area (Å²) in [5, 5.41) is 3.58. The zero-order chi connectivity index (χ0) is 11.1. The van der Waals surface area contributed by atoms with Crippen LogP contribution in [0.5, 0.6) is 0 Å². The van der Waals surface area contributed by atoms with Gasteiger partial charge in [0.25, 0.3) is 0 Å². The first-order valence-electron chi connectivity index (χ1n) is 6.49. The van der Waals surface area contributed by atoms with Crippen LogP contribution >= 0.6 is 0 Å². The molecule has 0 heterocycles. The summed E-state index contributed by atoms with van der Waals surface area (Å²) >= 11 is 0. The zero-order valence-electron chi connectivity index (χ0n) is 10.6. The van der Waals surface area contributed by atoms with Gasteiger partial charge in [-0.15, -0.1) is 0 Å². The largest absolute Gasteiger partial charge is 0.380 e. The van der Waals surface area contributed by atoms with Gasteiger partial charge in [0.15, 0.2) is 0 Å². The lowest BCUT2D eigenvalue weighted by Gasteiger charge is -2.12. The summed E-state index contributed by atoms with van der Waals surface area (Å²) in [6.45, 7) is 9.64. The molecule has 1 aliphatic rings. The van der Waals surface area contributed by atoms with E-state index in [2.05, 4.69) is 26.1 Å². The highest BCUT2D eigenvalue weighted by atomic mass is 16.5. The summed E-state index contributed by atoms with van der Waals surface area (Å²) in [5.74, 6) is 1.68. The van der Waals surface area contributed by atoms with Crippen LogP contribution in [0.3, 0.4) is 0 Å². The summed E-state index contributed by atoms with van der Waals surface area (Å²) < 4.78 is 5.57. The third-order valence-corrected chi connectivity index (χ3v) is 3.21. The fraction of sp³-hybridized carbons (Fsp3) is 1.00.